The van der Waals surface area contributed by atoms with Crippen LogP contribution in [0.2, 0.25) is 5.28 Å². The molecule has 1 aliphatic heterocycles. The molecule has 6 heteroatoms. The van der Waals surface area contributed by atoms with Crippen LogP contribution >= 0.6 is 24.0 Å². The SMILES string of the molecule is CN(c1ccnc(Cl)n1)C1CCCNC1.Cl. The van der Waals surface area contributed by atoms with E-state index in [1.807, 2.05) is 6.07 Å². The van der Waals surface area contributed by atoms with E-state index in [2.05, 4.69) is 27.2 Å². The van der Waals surface area contributed by atoms with Gasteiger partial charge in [-0.2, -0.15) is 0 Å². The molecule has 1 aliphatic rings. The van der Waals surface area contributed by atoms with Crippen molar-refractivity contribution in [1.82, 2.24) is 15.3 Å². The predicted molar refractivity (Wildman–Crippen MR) is 68.6 cm³/mol. The molecular weight excluding hydrogens is 247 g/mol. The van der Waals surface area contributed by atoms with Crippen molar-refractivity contribution in [3.63, 3.8) is 0 Å². The van der Waals surface area contributed by atoms with Crippen LogP contribution in [-0.2, 0) is 0 Å². The summed E-state index contributed by atoms with van der Waals surface area (Å²) in [7, 11) is 2.05. The first-order valence-electron chi connectivity index (χ1n) is 5.19. The zero-order valence-electron chi connectivity index (χ0n) is 9.19. The van der Waals surface area contributed by atoms with Crippen LogP contribution in [-0.4, -0.2) is 36.1 Å². The molecule has 1 saturated heterocycles. The smallest absolute Gasteiger partial charge is 0.224 e. The van der Waals surface area contributed by atoms with Crippen molar-refractivity contribution in [2.24, 2.45) is 0 Å². The van der Waals surface area contributed by atoms with Crippen molar-refractivity contribution in [3.8, 4) is 0 Å². The van der Waals surface area contributed by atoms with E-state index in [0.717, 1.165) is 18.9 Å². The molecule has 1 aromatic heterocycles. The van der Waals surface area contributed by atoms with E-state index in [-0.39, 0.29) is 12.4 Å². The molecule has 0 amide bonds. The average Bonchev–Trinajstić information content (AvgIpc) is 2.29. The van der Waals surface area contributed by atoms with Crippen LogP contribution in [0.3, 0.4) is 0 Å². The largest absolute Gasteiger partial charge is 0.355 e. The molecule has 0 saturated carbocycles. The molecule has 0 radical (unpaired) electrons. The summed E-state index contributed by atoms with van der Waals surface area (Å²) in [6.07, 6.45) is 4.11. The monoisotopic (exact) mass is 262 g/mol. The topological polar surface area (TPSA) is 41.1 Å². The molecule has 1 N–H and O–H groups in total. The van der Waals surface area contributed by atoms with E-state index < -0.39 is 0 Å². The Kier molecular flexibility index (Phi) is 5.25. The molecule has 16 heavy (non-hydrogen) atoms. The fourth-order valence-electron chi connectivity index (χ4n) is 1.87. The number of likely N-dealkylation sites (N-methyl/N-ethyl adjacent to an activating group) is 1. The molecule has 0 aromatic carbocycles. The maximum atomic E-state index is 5.76. The second kappa shape index (κ2) is 6.23. The zero-order valence-corrected chi connectivity index (χ0v) is 10.8. The third kappa shape index (κ3) is 3.20. The second-order valence-electron chi connectivity index (χ2n) is 3.79. The molecule has 4 nitrogen and oxygen atoms in total. The average molecular weight is 263 g/mol. The van der Waals surface area contributed by atoms with Gasteiger partial charge in [-0.3, -0.25) is 0 Å². The summed E-state index contributed by atoms with van der Waals surface area (Å²) in [5, 5.41) is 3.69. The Bertz CT molecular complexity index is 328. The van der Waals surface area contributed by atoms with E-state index in [1.165, 1.54) is 12.8 Å². The summed E-state index contributed by atoms with van der Waals surface area (Å²) in [5.41, 5.74) is 0. The fourth-order valence-corrected chi connectivity index (χ4v) is 2.02. The van der Waals surface area contributed by atoms with Gasteiger partial charge in [-0.05, 0) is 37.1 Å². The van der Waals surface area contributed by atoms with Gasteiger partial charge < -0.3 is 10.2 Å². The normalized spacial score (nSPS) is 20.0. The van der Waals surface area contributed by atoms with Crippen LogP contribution in [0.5, 0.6) is 0 Å². The number of aromatic nitrogens is 2. The van der Waals surface area contributed by atoms with Gasteiger partial charge in [0, 0.05) is 25.8 Å². The van der Waals surface area contributed by atoms with Crippen molar-refractivity contribution in [2.45, 2.75) is 18.9 Å². The highest BCUT2D eigenvalue weighted by Crippen LogP contribution is 2.17. The standard InChI is InChI=1S/C10H15ClN4.ClH/c1-15(8-3-2-5-12-7-8)9-4-6-13-10(11)14-9;/h4,6,8,12H,2-3,5,7H2,1H3;1H. The van der Waals surface area contributed by atoms with Gasteiger partial charge in [0.1, 0.15) is 5.82 Å². The van der Waals surface area contributed by atoms with Gasteiger partial charge in [0.25, 0.3) is 0 Å². The highest BCUT2D eigenvalue weighted by atomic mass is 35.5. The quantitative estimate of drug-likeness (QED) is 0.825. The lowest BCUT2D eigenvalue weighted by Crippen LogP contribution is -2.44. The molecule has 1 atom stereocenters. The zero-order chi connectivity index (χ0) is 10.7. The van der Waals surface area contributed by atoms with Gasteiger partial charge >= 0.3 is 0 Å². The molecule has 0 bridgehead atoms. The minimum atomic E-state index is 0. The third-order valence-electron chi connectivity index (χ3n) is 2.79. The maximum Gasteiger partial charge on any atom is 0.224 e. The highest BCUT2D eigenvalue weighted by Gasteiger charge is 2.18. The first kappa shape index (κ1) is 13.5. The predicted octanol–water partition coefficient (Wildman–Crippen LogP) is 1.74. The molecule has 2 heterocycles. The first-order chi connectivity index (χ1) is 7.27. The Labute approximate surface area is 107 Å². The van der Waals surface area contributed by atoms with Gasteiger partial charge in [0.05, 0.1) is 0 Å². The van der Waals surface area contributed by atoms with Crippen molar-refractivity contribution >= 4 is 29.8 Å². The van der Waals surface area contributed by atoms with Gasteiger partial charge in [-0.1, -0.05) is 0 Å². The van der Waals surface area contributed by atoms with Gasteiger partial charge in [-0.25, -0.2) is 9.97 Å². The lowest BCUT2D eigenvalue weighted by Gasteiger charge is -2.32. The fraction of sp³-hybridized carbons (Fsp3) is 0.600. The third-order valence-corrected chi connectivity index (χ3v) is 2.97. The lowest BCUT2D eigenvalue weighted by molar-refractivity contribution is 0.443. The Morgan fingerprint density at radius 3 is 3.00 bits per heavy atom. The Morgan fingerprint density at radius 2 is 2.38 bits per heavy atom. The van der Waals surface area contributed by atoms with E-state index in [1.54, 1.807) is 6.20 Å². The van der Waals surface area contributed by atoms with Gasteiger partial charge in [-0.15, -0.1) is 12.4 Å². The van der Waals surface area contributed by atoms with Crippen LogP contribution in [0.25, 0.3) is 0 Å². The Hall–Kier alpha value is -0.580. The number of hydrogen-bond acceptors (Lipinski definition) is 4. The number of nitrogens with one attached hydrogen (secondary N) is 1. The van der Waals surface area contributed by atoms with Crippen LogP contribution in [0.1, 0.15) is 12.8 Å². The number of rotatable bonds is 2. The van der Waals surface area contributed by atoms with Gasteiger partial charge in [0.15, 0.2) is 0 Å². The summed E-state index contributed by atoms with van der Waals surface area (Å²) < 4.78 is 0. The van der Waals surface area contributed by atoms with Crippen molar-refractivity contribution < 1.29 is 0 Å². The summed E-state index contributed by atoms with van der Waals surface area (Å²) in [6, 6.07) is 2.39. The highest BCUT2D eigenvalue weighted by molar-refractivity contribution is 6.28. The maximum absolute atomic E-state index is 5.76. The number of anilines is 1. The second-order valence-corrected chi connectivity index (χ2v) is 4.13. The molecule has 2 rings (SSSR count). The first-order valence-corrected chi connectivity index (χ1v) is 5.57. The molecular formula is C10H16Cl2N4. The number of piperidine rings is 1. The van der Waals surface area contributed by atoms with Crippen molar-refractivity contribution in [2.75, 3.05) is 25.0 Å². The molecule has 1 fully saturated rings. The van der Waals surface area contributed by atoms with E-state index >= 15 is 0 Å². The van der Waals surface area contributed by atoms with Crippen molar-refractivity contribution in [1.29, 1.82) is 0 Å². The lowest BCUT2D eigenvalue weighted by atomic mass is 10.1. The number of halogens is 2. The minimum absolute atomic E-state index is 0. The Morgan fingerprint density at radius 1 is 1.56 bits per heavy atom. The van der Waals surface area contributed by atoms with E-state index in [9.17, 15) is 0 Å². The van der Waals surface area contributed by atoms with Crippen molar-refractivity contribution in [3.05, 3.63) is 17.5 Å². The van der Waals surface area contributed by atoms with Gasteiger partial charge in [0.2, 0.25) is 5.28 Å². The van der Waals surface area contributed by atoms with Crippen LogP contribution < -0.4 is 10.2 Å². The molecule has 0 spiro atoms. The molecule has 1 unspecified atom stereocenters. The van der Waals surface area contributed by atoms with E-state index in [4.69, 9.17) is 11.6 Å². The summed E-state index contributed by atoms with van der Waals surface area (Å²) >= 11 is 5.76. The summed E-state index contributed by atoms with van der Waals surface area (Å²) in [4.78, 5) is 10.2. The molecule has 90 valence electrons. The summed E-state index contributed by atoms with van der Waals surface area (Å²) in [6.45, 7) is 2.13. The minimum Gasteiger partial charge on any atom is -0.355 e. The summed E-state index contributed by atoms with van der Waals surface area (Å²) in [5.74, 6) is 0.892. The van der Waals surface area contributed by atoms with Crippen LogP contribution in [0.15, 0.2) is 12.3 Å². The Balaban J connectivity index is 0.00000128. The van der Waals surface area contributed by atoms with E-state index in [0.29, 0.717) is 11.3 Å². The number of hydrogen-bond donors (Lipinski definition) is 1. The number of nitrogens with zero attached hydrogens (tertiary/aromatic N) is 3. The molecule has 1 aromatic rings. The van der Waals surface area contributed by atoms with Crippen LogP contribution in [0.4, 0.5) is 5.82 Å². The van der Waals surface area contributed by atoms with Crippen LogP contribution in [0, 0.1) is 0 Å². The molecule has 0 aliphatic carbocycles.